The molecule has 0 unspecified atom stereocenters. The zero-order valence-corrected chi connectivity index (χ0v) is 13.0. The van der Waals surface area contributed by atoms with Crippen molar-refractivity contribution in [2.75, 3.05) is 5.32 Å². The van der Waals surface area contributed by atoms with E-state index in [1.165, 1.54) is 4.68 Å². The van der Waals surface area contributed by atoms with Crippen molar-refractivity contribution in [2.24, 2.45) is 0 Å². The van der Waals surface area contributed by atoms with Crippen LogP contribution in [0.1, 0.15) is 12.0 Å². The van der Waals surface area contributed by atoms with Crippen molar-refractivity contribution in [3.63, 3.8) is 0 Å². The molecule has 6 heteroatoms. The third-order valence-electron chi connectivity index (χ3n) is 4.27. The summed E-state index contributed by atoms with van der Waals surface area (Å²) in [6, 6.07) is 14.8. The Morgan fingerprint density at radius 1 is 1.04 bits per heavy atom. The molecule has 1 aliphatic rings. The van der Waals surface area contributed by atoms with E-state index in [9.17, 15) is 9.59 Å². The summed E-state index contributed by atoms with van der Waals surface area (Å²) in [6.45, 7) is 0.912. The van der Waals surface area contributed by atoms with E-state index in [-0.39, 0.29) is 17.3 Å². The molecule has 0 amide bonds. The number of nitrogens with one attached hydrogen (secondary N) is 2. The number of rotatable bonds is 3. The zero-order chi connectivity index (χ0) is 16.5. The van der Waals surface area contributed by atoms with Crippen LogP contribution in [0.5, 0.6) is 0 Å². The number of H-pyrrole nitrogens is 1. The van der Waals surface area contributed by atoms with Crippen LogP contribution < -0.4 is 16.4 Å². The highest BCUT2D eigenvalue weighted by molar-refractivity contribution is 5.80. The fraction of sp³-hybridized carbons (Fsp3) is 0.222. The van der Waals surface area contributed by atoms with E-state index in [0.29, 0.717) is 30.3 Å². The molecule has 0 saturated carbocycles. The molecular weight excluding hydrogens is 306 g/mol. The summed E-state index contributed by atoms with van der Waals surface area (Å²) >= 11 is 0. The Kier molecular flexibility index (Phi) is 3.66. The molecule has 0 fully saturated rings. The minimum atomic E-state index is -0.256. The SMILES string of the molecule is O=c1[nH]n(CC[C@@H]2Nc3ccccc3CO2)c(=O)c2ccccc12. The van der Waals surface area contributed by atoms with Gasteiger partial charge in [-0.3, -0.25) is 14.7 Å². The van der Waals surface area contributed by atoms with E-state index in [2.05, 4.69) is 10.4 Å². The lowest BCUT2D eigenvalue weighted by Gasteiger charge is -2.27. The monoisotopic (exact) mass is 323 g/mol. The van der Waals surface area contributed by atoms with Gasteiger partial charge in [-0.15, -0.1) is 0 Å². The summed E-state index contributed by atoms with van der Waals surface area (Å²) in [4.78, 5) is 24.6. The van der Waals surface area contributed by atoms with E-state index >= 15 is 0 Å². The molecule has 0 spiro atoms. The van der Waals surface area contributed by atoms with Crippen molar-refractivity contribution in [1.29, 1.82) is 0 Å². The highest BCUT2D eigenvalue weighted by atomic mass is 16.5. The second-order valence-corrected chi connectivity index (χ2v) is 5.83. The topological polar surface area (TPSA) is 76.1 Å². The van der Waals surface area contributed by atoms with Crippen molar-refractivity contribution in [2.45, 2.75) is 25.8 Å². The minimum absolute atomic E-state index is 0.193. The fourth-order valence-electron chi connectivity index (χ4n) is 3.00. The van der Waals surface area contributed by atoms with Crippen molar-refractivity contribution < 1.29 is 4.74 Å². The number of aromatic amines is 1. The van der Waals surface area contributed by atoms with Gasteiger partial charge in [0.2, 0.25) is 0 Å². The predicted octanol–water partition coefficient (Wildman–Crippen LogP) is 2.05. The Bertz CT molecular complexity index is 1010. The summed E-state index contributed by atoms with van der Waals surface area (Å²) < 4.78 is 7.12. The fourth-order valence-corrected chi connectivity index (χ4v) is 3.00. The van der Waals surface area contributed by atoms with Crippen molar-refractivity contribution in [1.82, 2.24) is 9.78 Å². The largest absolute Gasteiger partial charge is 0.360 e. The smallest absolute Gasteiger partial charge is 0.273 e. The van der Waals surface area contributed by atoms with E-state index in [1.54, 1.807) is 24.3 Å². The van der Waals surface area contributed by atoms with Gasteiger partial charge in [0.05, 0.1) is 17.4 Å². The van der Waals surface area contributed by atoms with Crippen LogP contribution in [0, 0.1) is 0 Å². The Labute approximate surface area is 137 Å². The molecule has 2 N–H and O–H groups in total. The standard InChI is InChI=1S/C18H17N3O3/c22-17-13-6-2-3-7-14(13)18(23)21(20-17)10-9-16-19-15-8-4-1-5-12(15)11-24-16/h1-8,16,19H,9-11H2,(H,20,22)/t16-/m1/s1. The summed E-state index contributed by atoms with van der Waals surface area (Å²) in [5.41, 5.74) is 1.72. The molecular formula is C18H17N3O3. The summed E-state index contributed by atoms with van der Waals surface area (Å²) in [5, 5.41) is 6.80. The van der Waals surface area contributed by atoms with Gasteiger partial charge in [-0.2, -0.15) is 0 Å². The van der Waals surface area contributed by atoms with E-state index in [4.69, 9.17) is 4.74 Å². The molecule has 0 aliphatic carbocycles. The van der Waals surface area contributed by atoms with Gasteiger partial charge >= 0.3 is 0 Å². The number of fused-ring (bicyclic) bond motifs is 2. The molecule has 2 aromatic carbocycles. The quantitative estimate of drug-likeness (QED) is 0.773. The van der Waals surface area contributed by atoms with E-state index in [1.807, 2.05) is 24.3 Å². The zero-order valence-electron chi connectivity index (χ0n) is 13.0. The number of benzene rings is 2. The number of para-hydroxylation sites is 1. The first kappa shape index (κ1) is 14.7. The molecule has 1 aromatic heterocycles. The summed E-state index contributed by atoms with van der Waals surface area (Å²) in [7, 11) is 0. The van der Waals surface area contributed by atoms with Gasteiger partial charge in [0.15, 0.2) is 0 Å². The first-order valence-corrected chi connectivity index (χ1v) is 7.90. The minimum Gasteiger partial charge on any atom is -0.360 e. The third-order valence-corrected chi connectivity index (χ3v) is 4.27. The van der Waals surface area contributed by atoms with Gasteiger partial charge in [-0.1, -0.05) is 30.3 Å². The number of anilines is 1. The lowest BCUT2D eigenvalue weighted by Crippen LogP contribution is -2.34. The molecule has 24 heavy (non-hydrogen) atoms. The van der Waals surface area contributed by atoms with Crippen LogP contribution in [0.4, 0.5) is 5.69 Å². The maximum atomic E-state index is 12.5. The Balaban J connectivity index is 1.55. The van der Waals surface area contributed by atoms with Gasteiger partial charge in [0.1, 0.15) is 6.23 Å². The molecule has 1 atom stereocenters. The molecule has 1 aliphatic heterocycles. The van der Waals surface area contributed by atoms with Gasteiger partial charge in [-0.05, 0) is 18.2 Å². The average molecular weight is 323 g/mol. The molecule has 4 rings (SSSR count). The second kappa shape index (κ2) is 5.98. The van der Waals surface area contributed by atoms with E-state index < -0.39 is 0 Å². The van der Waals surface area contributed by atoms with Crippen molar-refractivity contribution in [3.8, 4) is 0 Å². The molecule has 2 heterocycles. The number of ether oxygens (including phenoxy) is 1. The van der Waals surface area contributed by atoms with Crippen molar-refractivity contribution in [3.05, 3.63) is 74.8 Å². The molecule has 0 radical (unpaired) electrons. The number of nitrogens with zero attached hydrogens (tertiary/aromatic N) is 1. The highest BCUT2D eigenvalue weighted by Crippen LogP contribution is 2.23. The maximum Gasteiger partial charge on any atom is 0.273 e. The third kappa shape index (κ3) is 2.61. The van der Waals surface area contributed by atoms with Crippen LogP contribution in [0.25, 0.3) is 10.8 Å². The van der Waals surface area contributed by atoms with Gasteiger partial charge in [0, 0.05) is 24.2 Å². The number of aromatic nitrogens is 2. The predicted molar refractivity (Wildman–Crippen MR) is 92.1 cm³/mol. The summed E-state index contributed by atoms with van der Waals surface area (Å²) in [5.74, 6) is 0. The van der Waals surface area contributed by atoms with Gasteiger partial charge < -0.3 is 10.1 Å². The number of aryl methyl sites for hydroxylation is 1. The highest BCUT2D eigenvalue weighted by Gasteiger charge is 2.18. The maximum absolute atomic E-state index is 12.5. The van der Waals surface area contributed by atoms with Crippen LogP contribution >= 0.6 is 0 Å². The first-order chi connectivity index (χ1) is 11.7. The van der Waals surface area contributed by atoms with Gasteiger partial charge in [0.25, 0.3) is 11.1 Å². The normalized spacial score (nSPS) is 16.6. The van der Waals surface area contributed by atoms with Crippen molar-refractivity contribution >= 4 is 16.5 Å². The number of hydrogen-bond donors (Lipinski definition) is 2. The lowest BCUT2D eigenvalue weighted by molar-refractivity contribution is 0.0423. The molecule has 6 nitrogen and oxygen atoms in total. The van der Waals surface area contributed by atoms with Crippen LogP contribution in [-0.2, 0) is 17.9 Å². The molecule has 0 bridgehead atoms. The lowest BCUT2D eigenvalue weighted by atomic mass is 10.1. The van der Waals surface area contributed by atoms with Crippen LogP contribution in [-0.4, -0.2) is 16.0 Å². The van der Waals surface area contributed by atoms with Crippen LogP contribution in [0.2, 0.25) is 0 Å². The average Bonchev–Trinajstić information content (AvgIpc) is 2.63. The molecule has 3 aromatic rings. The number of hydrogen-bond acceptors (Lipinski definition) is 4. The van der Waals surface area contributed by atoms with Crippen LogP contribution in [0.15, 0.2) is 58.1 Å². The van der Waals surface area contributed by atoms with E-state index in [0.717, 1.165) is 11.3 Å². The Morgan fingerprint density at radius 2 is 1.79 bits per heavy atom. The molecule has 0 saturated heterocycles. The Morgan fingerprint density at radius 3 is 2.67 bits per heavy atom. The van der Waals surface area contributed by atoms with Gasteiger partial charge in [-0.25, -0.2) is 4.68 Å². The second-order valence-electron chi connectivity index (χ2n) is 5.83. The first-order valence-electron chi connectivity index (χ1n) is 7.90. The summed E-state index contributed by atoms with van der Waals surface area (Å²) in [6.07, 6.45) is 0.379. The molecule has 122 valence electrons. The van der Waals surface area contributed by atoms with Crippen LogP contribution in [0.3, 0.4) is 0 Å². The Hall–Kier alpha value is -2.86.